The molecule has 1 aliphatic rings. The second-order valence-electron chi connectivity index (χ2n) is 5.17. The third-order valence-electron chi connectivity index (χ3n) is 3.77. The lowest BCUT2D eigenvalue weighted by Crippen LogP contribution is -2.39. The van der Waals surface area contributed by atoms with Crippen LogP contribution in [0.5, 0.6) is 0 Å². The second-order valence-corrected chi connectivity index (χ2v) is 6.02. The SMILES string of the molecule is COC(=O)C1CCC(NC(=O)c2ccc(F)cc2Br)CC1. The Morgan fingerprint density at radius 2 is 1.95 bits per heavy atom. The lowest BCUT2D eigenvalue weighted by molar-refractivity contribution is -0.146. The van der Waals surface area contributed by atoms with Gasteiger partial charge in [-0.1, -0.05) is 0 Å². The number of nitrogens with one attached hydrogen (secondary N) is 1. The quantitative estimate of drug-likeness (QED) is 0.845. The predicted octanol–water partition coefficient (Wildman–Crippen LogP) is 3.05. The zero-order valence-electron chi connectivity index (χ0n) is 11.7. The molecule has 114 valence electrons. The van der Waals surface area contributed by atoms with Crippen molar-refractivity contribution >= 4 is 27.8 Å². The van der Waals surface area contributed by atoms with Crippen LogP contribution in [0.15, 0.2) is 22.7 Å². The van der Waals surface area contributed by atoms with Gasteiger partial charge in [0.15, 0.2) is 0 Å². The smallest absolute Gasteiger partial charge is 0.308 e. The summed E-state index contributed by atoms with van der Waals surface area (Å²) in [6, 6.07) is 4.02. The normalized spacial score (nSPS) is 21.7. The standard InChI is InChI=1S/C15H17BrFNO3/c1-21-15(20)9-2-5-11(6-3-9)18-14(19)12-7-4-10(17)8-13(12)16/h4,7-9,11H,2-3,5-6H2,1H3,(H,18,19). The van der Waals surface area contributed by atoms with E-state index in [1.165, 1.54) is 25.3 Å². The van der Waals surface area contributed by atoms with Crippen LogP contribution in [0.3, 0.4) is 0 Å². The van der Waals surface area contributed by atoms with Crippen LogP contribution in [-0.2, 0) is 9.53 Å². The maximum atomic E-state index is 13.0. The first-order chi connectivity index (χ1) is 10.0. The monoisotopic (exact) mass is 357 g/mol. The number of hydrogen-bond acceptors (Lipinski definition) is 3. The van der Waals surface area contributed by atoms with E-state index in [0.29, 0.717) is 22.9 Å². The molecule has 1 aliphatic carbocycles. The van der Waals surface area contributed by atoms with Gasteiger partial charge in [0, 0.05) is 10.5 Å². The fourth-order valence-electron chi connectivity index (χ4n) is 2.58. The number of esters is 1. The van der Waals surface area contributed by atoms with Gasteiger partial charge in [-0.15, -0.1) is 0 Å². The van der Waals surface area contributed by atoms with E-state index in [9.17, 15) is 14.0 Å². The minimum absolute atomic E-state index is 0.0374. The number of rotatable bonds is 3. The molecule has 0 aromatic heterocycles. The molecule has 1 N–H and O–H groups in total. The highest BCUT2D eigenvalue weighted by Gasteiger charge is 2.28. The van der Waals surface area contributed by atoms with E-state index in [0.717, 1.165) is 12.8 Å². The Bertz CT molecular complexity index is 542. The molecule has 1 fully saturated rings. The van der Waals surface area contributed by atoms with E-state index >= 15 is 0 Å². The van der Waals surface area contributed by atoms with E-state index in [4.69, 9.17) is 4.74 Å². The number of amides is 1. The highest BCUT2D eigenvalue weighted by atomic mass is 79.9. The summed E-state index contributed by atoms with van der Waals surface area (Å²) in [5.41, 5.74) is 0.409. The molecule has 0 saturated heterocycles. The molecule has 1 saturated carbocycles. The molecule has 0 unspecified atom stereocenters. The van der Waals surface area contributed by atoms with Gasteiger partial charge < -0.3 is 10.1 Å². The molecule has 6 heteroatoms. The van der Waals surface area contributed by atoms with Crippen molar-refractivity contribution in [3.63, 3.8) is 0 Å². The van der Waals surface area contributed by atoms with Gasteiger partial charge in [-0.05, 0) is 59.8 Å². The molecule has 0 radical (unpaired) electrons. The van der Waals surface area contributed by atoms with Crippen molar-refractivity contribution in [1.82, 2.24) is 5.32 Å². The number of methoxy groups -OCH3 is 1. The van der Waals surface area contributed by atoms with E-state index in [1.54, 1.807) is 0 Å². The molecule has 2 rings (SSSR count). The maximum absolute atomic E-state index is 13.0. The van der Waals surface area contributed by atoms with Gasteiger partial charge in [0.1, 0.15) is 5.82 Å². The minimum atomic E-state index is -0.392. The summed E-state index contributed by atoms with van der Waals surface area (Å²) in [7, 11) is 1.39. The maximum Gasteiger partial charge on any atom is 0.308 e. The van der Waals surface area contributed by atoms with Crippen LogP contribution in [0.25, 0.3) is 0 Å². The summed E-state index contributed by atoms with van der Waals surface area (Å²) in [6.07, 6.45) is 2.90. The van der Waals surface area contributed by atoms with Crippen molar-refractivity contribution in [1.29, 1.82) is 0 Å². The molecule has 0 spiro atoms. The lowest BCUT2D eigenvalue weighted by Gasteiger charge is -2.27. The highest BCUT2D eigenvalue weighted by Crippen LogP contribution is 2.26. The van der Waals surface area contributed by atoms with Gasteiger partial charge in [0.25, 0.3) is 5.91 Å². The Kier molecular flexibility index (Phi) is 5.33. The largest absolute Gasteiger partial charge is 0.469 e. The Labute approximate surface area is 131 Å². The molecule has 1 amide bonds. The summed E-state index contributed by atoms with van der Waals surface area (Å²) in [5, 5.41) is 2.93. The molecular weight excluding hydrogens is 341 g/mol. The van der Waals surface area contributed by atoms with E-state index < -0.39 is 5.82 Å². The first-order valence-electron chi connectivity index (χ1n) is 6.85. The summed E-state index contributed by atoms with van der Waals surface area (Å²) in [5.74, 6) is -0.873. The zero-order chi connectivity index (χ0) is 15.4. The van der Waals surface area contributed by atoms with Crippen molar-refractivity contribution in [3.05, 3.63) is 34.1 Å². The van der Waals surface area contributed by atoms with E-state index in [-0.39, 0.29) is 23.8 Å². The molecular formula is C15H17BrFNO3. The number of ether oxygens (including phenoxy) is 1. The van der Waals surface area contributed by atoms with Gasteiger partial charge in [-0.3, -0.25) is 9.59 Å². The van der Waals surface area contributed by atoms with Gasteiger partial charge in [0.2, 0.25) is 0 Å². The van der Waals surface area contributed by atoms with Crippen molar-refractivity contribution in [2.45, 2.75) is 31.7 Å². The number of halogens is 2. The van der Waals surface area contributed by atoms with Crippen LogP contribution in [0.4, 0.5) is 4.39 Å². The Morgan fingerprint density at radius 1 is 1.29 bits per heavy atom. The topological polar surface area (TPSA) is 55.4 Å². The molecule has 0 aliphatic heterocycles. The number of hydrogen-bond donors (Lipinski definition) is 1. The average molecular weight is 358 g/mol. The molecule has 21 heavy (non-hydrogen) atoms. The Hall–Kier alpha value is -1.43. The number of benzene rings is 1. The van der Waals surface area contributed by atoms with Crippen molar-refractivity contribution < 1.29 is 18.7 Å². The summed E-state index contributed by atoms with van der Waals surface area (Å²) < 4.78 is 18.2. The fraction of sp³-hybridized carbons (Fsp3) is 0.467. The van der Waals surface area contributed by atoms with Crippen molar-refractivity contribution in [2.24, 2.45) is 5.92 Å². The Morgan fingerprint density at radius 3 is 2.52 bits per heavy atom. The first-order valence-corrected chi connectivity index (χ1v) is 7.64. The molecule has 0 heterocycles. The van der Waals surface area contributed by atoms with Crippen molar-refractivity contribution in [2.75, 3.05) is 7.11 Å². The van der Waals surface area contributed by atoms with Crippen LogP contribution < -0.4 is 5.32 Å². The summed E-state index contributed by atoms with van der Waals surface area (Å²) in [6.45, 7) is 0. The molecule has 4 nitrogen and oxygen atoms in total. The lowest BCUT2D eigenvalue weighted by atomic mass is 9.86. The van der Waals surface area contributed by atoms with Gasteiger partial charge >= 0.3 is 5.97 Å². The Balaban J connectivity index is 1.91. The highest BCUT2D eigenvalue weighted by molar-refractivity contribution is 9.10. The van der Waals surface area contributed by atoms with Gasteiger partial charge in [-0.2, -0.15) is 0 Å². The third-order valence-corrected chi connectivity index (χ3v) is 4.43. The second kappa shape index (κ2) is 7.02. The predicted molar refractivity (Wildman–Crippen MR) is 79.3 cm³/mol. The third kappa shape index (κ3) is 4.03. The molecule has 0 atom stereocenters. The summed E-state index contributed by atoms with van der Waals surface area (Å²) in [4.78, 5) is 23.6. The van der Waals surface area contributed by atoms with Crippen LogP contribution in [-0.4, -0.2) is 25.0 Å². The fourth-order valence-corrected chi connectivity index (χ4v) is 3.11. The molecule has 1 aromatic carbocycles. The van der Waals surface area contributed by atoms with Gasteiger partial charge in [-0.25, -0.2) is 4.39 Å². The van der Waals surface area contributed by atoms with Crippen LogP contribution in [0.2, 0.25) is 0 Å². The average Bonchev–Trinajstić information content (AvgIpc) is 2.47. The zero-order valence-corrected chi connectivity index (χ0v) is 13.3. The van der Waals surface area contributed by atoms with Crippen LogP contribution >= 0.6 is 15.9 Å². The summed E-state index contributed by atoms with van der Waals surface area (Å²) >= 11 is 3.19. The van der Waals surface area contributed by atoms with Crippen molar-refractivity contribution in [3.8, 4) is 0 Å². The molecule has 0 bridgehead atoms. The minimum Gasteiger partial charge on any atom is -0.469 e. The van der Waals surface area contributed by atoms with Crippen LogP contribution in [0, 0.1) is 11.7 Å². The van der Waals surface area contributed by atoms with E-state index in [2.05, 4.69) is 21.2 Å². The number of carbonyl (C=O) groups excluding carboxylic acids is 2. The first kappa shape index (κ1) is 15.9. The van der Waals surface area contributed by atoms with Gasteiger partial charge in [0.05, 0.1) is 18.6 Å². The number of carbonyl (C=O) groups is 2. The molecule has 1 aromatic rings. The van der Waals surface area contributed by atoms with Crippen LogP contribution in [0.1, 0.15) is 36.0 Å². The van der Waals surface area contributed by atoms with E-state index in [1.807, 2.05) is 0 Å².